The van der Waals surface area contributed by atoms with Crippen LogP contribution in [-0.4, -0.2) is 44.2 Å². The van der Waals surface area contributed by atoms with E-state index in [2.05, 4.69) is 4.98 Å². The fourth-order valence-corrected chi connectivity index (χ4v) is 3.28. The monoisotopic (exact) mass is 341 g/mol. The molecule has 1 aromatic heterocycles. The Morgan fingerprint density at radius 2 is 2.00 bits per heavy atom. The largest absolute Gasteiger partial charge is 0.345 e. The fraction of sp³-hybridized carbons (Fsp3) is 0.533. The Balaban J connectivity index is 3.01. The van der Waals surface area contributed by atoms with Crippen molar-refractivity contribution < 1.29 is 18.0 Å². The molecule has 0 saturated heterocycles. The van der Waals surface area contributed by atoms with E-state index in [0.29, 0.717) is 0 Å². The molecule has 0 radical (unpaired) electrons. The van der Waals surface area contributed by atoms with Crippen molar-refractivity contribution in [1.29, 1.82) is 0 Å². The number of hydrogen-bond donors (Lipinski definition) is 1. The fourth-order valence-electron chi connectivity index (χ4n) is 2.16. The highest BCUT2D eigenvalue weighted by molar-refractivity contribution is 7.90. The van der Waals surface area contributed by atoms with E-state index in [0.717, 1.165) is 12.8 Å². The number of sulfonamides is 1. The molecule has 1 aromatic rings. The number of carbonyl (C=O) groups excluding carboxylic acids is 2. The third kappa shape index (κ3) is 5.31. The molecule has 7 nitrogen and oxygen atoms in total. The number of carbonyl (C=O) groups is 2. The van der Waals surface area contributed by atoms with Gasteiger partial charge in [0.05, 0.1) is 5.56 Å². The number of nitrogens with one attached hydrogen (secondary N) is 1. The molecule has 1 heterocycles. The van der Waals surface area contributed by atoms with Gasteiger partial charge in [0, 0.05) is 26.7 Å². The lowest BCUT2D eigenvalue weighted by molar-refractivity contribution is -0.120. The summed E-state index contributed by atoms with van der Waals surface area (Å²) < 4.78 is 26.7. The van der Waals surface area contributed by atoms with Crippen molar-refractivity contribution in [3.05, 3.63) is 23.9 Å². The van der Waals surface area contributed by atoms with Crippen LogP contribution < -0.4 is 4.72 Å². The van der Waals surface area contributed by atoms with Crippen molar-refractivity contribution in [2.45, 2.75) is 38.1 Å². The molecule has 0 bridgehead atoms. The van der Waals surface area contributed by atoms with Crippen LogP contribution in [0.1, 0.15) is 43.5 Å². The zero-order chi connectivity index (χ0) is 17.6. The van der Waals surface area contributed by atoms with Crippen LogP contribution in [-0.2, 0) is 14.8 Å². The molecule has 1 unspecified atom stereocenters. The lowest BCUT2D eigenvalue weighted by Crippen LogP contribution is -2.34. The normalized spacial score (nSPS) is 12.5. The minimum absolute atomic E-state index is 0.0700. The Morgan fingerprint density at radius 1 is 1.35 bits per heavy atom. The van der Waals surface area contributed by atoms with E-state index in [4.69, 9.17) is 0 Å². The van der Waals surface area contributed by atoms with E-state index >= 15 is 0 Å². The van der Waals surface area contributed by atoms with Crippen molar-refractivity contribution in [3.8, 4) is 0 Å². The third-order valence-corrected chi connectivity index (χ3v) is 4.56. The predicted octanol–water partition coefficient (Wildman–Crippen LogP) is 1.41. The Morgan fingerprint density at radius 3 is 2.57 bits per heavy atom. The Labute approximate surface area is 137 Å². The van der Waals surface area contributed by atoms with Gasteiger partial charge in [0.1, 0.15) is 0 Å². The van der Waals surface area contributed by atoms with E-state index < -0.39 is 26.9 Å². The average Bonchev–Trinajstić information content (AvgIpc) is 2.45. The molecule has 128 valence electrons. The number of pyridine rings is 1. The van der Waals surface area contributed by atoms with Crippen molar-refractivity contribution >= 4 is 21.8 Å². The summed E-state index contributed by atoms with van der Waals surface area (Å²) in [5.41, 5.74) is -0.0700. The summed E-state index contributed by atoms with van der Waals surface area (Å²) in [4.78, 5) is 29.0. The summed E-state index contributed by atoms with van der Waals surface area (Å²) in [6.07, 6.45) is 3.13. The van der Waals surface area contributed by atoms with E-state index in [9.17, 15) is 18.0 Å². The summed E-state index contributed by atoms with van der Waals surface area (Å²) in [6, 6.07) is 2.84. The minimum atomic E-state index is -4.19. The Hall–Kier alpha value is -1.96. The first-order valence-corrected chi connectivity index (χ1v) is 8.89. The van der Waals surface area contributed by atoms with Gasteiger partial charge < -0.3 is 4.90 Å². The summed E-state index contributed by atoms with van der Waals surface area (Å²) in [5, 5.41) is -0.435. The van der Waals surface area contributed by atoms with E-state index in [1.54, 1.807) is 0 Å². The van der Waals surface area contributed by atoms with Gasteiger partial charge in [0.25, 0.3) is 15.9 Å². The first-order valence-electron chi connectivity index (χ1n) is 7.41. The molecule has 0 aliphatic carbocycles. The highest BCUT2D eigenvalue weighted by Crippen LogP contribution is 2.15. The summed E-state index contributed by atoms with van der Waals surface area (Å²) in [7, 11) is -1.17. The summed E-state index contributed by atoms with van der Waals surface area (Å²) in [6.45, 7) is 3.88. The standard InChI is InChI=1S/C15H23N3O4S/c1-5-7-11(2)10-13(19)17-23(21,22)14-12(8-6-9-16-14)15(20)18(3)4/h6,8-9,11H,5,7,10H2,1-4H3,(H,17,19). The summed E-state index contributed by atoms with van der Waals surface area (Å²) in [5.74, 6) is -1.01. The molecule has 23 heavy (non-hydrogen) atoms. The molecule has 0 saturated carbocycles. The summed E-state index contributed by atoms with van der Waals surface area (Å²) >= 11 is 0. The molecule has 0 fully saturated rings. The van der Waals surface area contributed by atoms with Crippen molar-refractivity contribution in [2.24, 2.45) is 5.92 Å². The van der Waals surface area contributed by atoms with Crippen LogP contribution >= 0.6 is 0 Å². The zero-order valence-corrected chi connectivity index (χ0v) is 14.7. The Kier molecular flexibility index (Phi) is 6.68. The van der Waals surface area contributed by atoms with Crippen LogP contribution in [0, 0.1) is 5.92 Å². The highest BCUT2D eigenvalue weighted by Gasteiger charge is 2.26. The first-order chi connectivity index (χ1) is 10.7. The third-order valence-electron chi connectivity index (χ3n) is 3.23. The molecule has 0 aliphatic heterocycles. The van der Waals surface area contributed by atoms with Crippen molar-refractivity contribution in [3.63, 3.8) is 0 Å². The average molecular weight is 341 g/mol. The topological polar surface area (TPSA) is 96.4 Å². The molecule has 1 N–H and O–H groups in total. The second kappa shape index (κ2) is 8.05. The molecule has 1 atom stereocenters. The number of hydrogen-bond acceptors (Lipinski definition) is 5. The molecule has 0 spiro atoms. The maximum Gasteiger partial charge on any atom is 0.282 e. The second-order valence-electron chi connectivity index (χ2n) is 5.68. The van der Waals surface area contributed by atoms with Crippen LogP contribution in [0.25, 0.3) is 0 Å². The number of nitrogens with zero attached hydrogens (tertiary/aromatic N) is 2. The van der Waals surface area contributed by atoms with Crippen LogP contribution in [0.5, 0.6) is 0 Å². The van der Waals surface area contributed by atoms with Gasteiger partial charge in [-0.2, -0.15) is 8.42 Å². The van der Waals surface area contributed by atoms with E-state index in [1.807, 2.05) is 18.6 Å². The van der Waals surface area contributed by atoms with Gasteiger partial charge in [-0.25, -0.2) is 9.71 Å². The van der Waals surface area contributed by atoms with Crippen LogP contribution in [0.15, 0.2) is 23.4 Å². The molecule has 8 heteroatoms. The van der Waals surface area contributed by atoms with Crippen molar-refractivity contribution in [1.82, 2.24) is 14.6 Å². The van der Waals surface area contributed by atoms with Crippen LogP contribution in [0.2, 0.25) is 0 Å². The maximum absolute atomic E-state index is 12.4. The lowest BCUT2D eigenvalue weighted by atomic mass is 10.0. The van der Waals surface area contributed by atoms with Gasteiger partial charge in [0.15, 0.2) is 5.03 Å². The van der Waals surface area contributed by atoms with E-state index in [-0.39, 0.29) is 17.9 Å². The molecule has 0 aliphatic rings. The molecule has 0 aromatic carbocycles. The van der Waals surface area contributed by atoms with Gasteiger partial charge in [-0.15, -0.1) is 0 Å². The first kappa shape index (κ1) is 19.1. The number of rotatable bonds is 7. The lowest BCUT2D eigenvalue weighted by Gasteiger charge is -2.14. The molecular weight excluding hydrogens is 318 g/mol. The number of aromatic nitrogens is 1. The van der Waals surface area contributed by atoms with Gasteiger partial charge >= 0.3 is 0 Å². The molecule has 1 rings (SSSR count). The quantitative estimate of drug-likeness (QED) is 0.809. The SMILES string of the molecule is CCCC(C)CC(=O)NS(=O)(=O)c1ncccc1C(=O)N(C)C. The van der Waals surface area contributed by atoms with Crippen LogP contribution in [0.3, 0.4) is 0 Å². The van der Waals surface area contributed by atoms with E-state index in [1.165, 1.54) is 37.3 Å². The molecule has 2 amide bonds. The maximum atomic E-state index is 12.4. The minimum Gasteiger partial charge on any atom is -0.345 e. The van der Waals surface area contributed by atoms with Crippen molar-refractivity contribution in [2.75, 3.05) is 14.1 Å². The van der Waals surface area contributed by atoms with Crippen LogP contribution in [0.4, 0.5) is 0 Å². The smallest absolute Gasteiger partial charge is 0.282 e. The Bertz CT molecular complexity index is 671. The van der Waals surface area contributed by atoms with Gasteiger partial charge in [-0.1, -0.05) is 26.7 Å². The van der Waals surface area contributed by atoms with Gasteiger partial charge in [0.2, 0.25) is 5.91 Å². The predicted molar refractivity (Wildman–Crippen MR) is 86.3 cm³/mol. The zero-order valence-electron chi connectivity index (χ0n) is 13.9. The molecular formula is C15H23N3O4S. The van der Waals surface area contributed by atoms with Gasteiger partial charge in [-0.05, 0) is 18.1 Å². The number of amides is 2. The highest BCUT2D eigenvalue weighted by atomic mass is 32.2. The van der Waals surface area contributed by atoms with Gasteiger partial charge in [-0.3, -0.25) is 9.59 Å². The second-order valence-corrected chi connectivity index (χ2v) is 7.28.